The molecule has 3 rings (SSSR count). The van der Waals surface area contributed by atoms with E-state index in [0.29, 0.717) is 24.1 Å². The molecule has 2 aromatic heterocycles. The number of aromatic nitrogens is 4. The zero-order valence-electron chi connectivity index (χ0n) is 14.3. The number of nitrogens with one attached hydrogen (secondary N) is 1. The van der Waals surface area contributed by atoms with Crippen molar-refractivity contribution < 1.29 is 4.52 Å². The second kappa shape index (κ2) is 8.45. The van der Waals surface area contributed by atoms with Crippen molar-refractivity contribution in [1.29, 1.82) is 0 Å². The summed E-state index contributed by atoms with van der Waals surface area (Å²) in [7, 11) is 3.77. The van der Waals surface area contributed by atoms with E-state index in [4.69, 9.17) is 4.52 Å². The van der Waals surface area contributed by atoms with Gasteiger partial charge in [0.15, 0.2) is 11.8 Å². The fraction of sp³-hybridized carbons (Fsp3) is 0.600. The van der Waals surface area contributed by atoms with Gasteiger partial charge >= 0.3 is 0 Å². The first-order valence-electron chi connectivity index (χ1n) is 7.89. The third-order valence-corrected chi connectivity index (χ3v) is 4.09. The molecule has 1 saturated heterocycles. The maximum absolute atomic E-state index is 5.12. The summed E-state index contributed by atoms with van der Waals surface area (Å²) in [5.41, 5.74) is 1.30. The van der Waals surface area contributed by atoms with E-state index in [1.54, 1.807) is 0 Å². The molecule has 9 heteroatoms. The minimum Gasteiger partial charge on any atom is -0.356 e. The molecular formula is C15H24IN7O. The lowest BCUT2D eigenvalue weighted by Crippen LogP contribution is -2.40. The van der Waals surface area contributed by atoms with Gasteiger partial charge in [-0.15, -0.1) is 24.0 Å². The van der Waals surface area contributed by atoms with Gasteiger partial charge < -0.3 is 14.7 Å². The first kappa shape index (κ1) is 18.7. The van der Waals surface area contributed by atoms with Crippen LogP contribution in [0, 0.1) is 6.92 Å². The zero-order valence-corrected chi connectivity index (χ0v) is 16.6. The van der Waals surface area contributed by atoms with Crippen molar-refractivity contribution in [3.8, 4) is 0 Å². The highest BCUT2D eigenvalue weighted by Gasteiger charge is 2.26. The highest BCUT2D eigenvalue weighted by molar-refractivity contribution is 14.0. The molecule has 1 N–H and O–H groups in total. The Bertz CT molecular complexity index is 681. The van der Waals surface area contributed by atoms with Crippen molar-refractivity contribution in [2.75, 3.05) is 26.7 Å². The van der Waals surface area contributed by atoms with Gasteiger partial charge in [0.2, 0.25) is 5.89 Å². The zero-order chi connectivity index (χ0) is 16.2. The lowest BCUT2D eigenvalue weighted by atomic mass is 10.0. The molecule has 0 aromatic carbocycles. The van der Waals surface area contributed by atoms with Crippen LogP contribution in [-0.2, 0) is 13.5 Å². The minimum absolute atomic E-state index is 0. The van der Waals surface area contributed by atoms with Crippen molar-refractivity contribution in [3.63, 3.8) is 0 Å². The fourth-order valence-electron chi connectivity index (χ4n) is 2.93. The number of hydrogen-bond donors (Lipinski definition) is 1. The average Bonchev–Trinajstić information content (AvgIpc) is 3.25. The number of nitrogens with zero attached hydrogens (tertiary/aromatic N) is 6. The SMILES string of the molecule is CN=C(NCCc1nc(C)no1)N1CCC(c2cnn(C)c2)C1.I. The van der Waals surface area contributed by atoms with E-state index in [1.807, 2.05) is 31.9 Å². The van der Waals surface area contributed by atoms with Crippen molar-refractivity contribution >= 4 is 29.9 Å². The van der Waals surface area contributed by atoms with Crippen molar-refractivity contribution in [2.24, 2.45) is 12.0 Å². The standard InChI is InChI=1S/C15H23N7O.HI/c1-11-19-14(23-20-11)4-6-17-15(16-2)22-7-5-12(10-22)13-8-18-21(3)9-13;/h8-9,12H,4-7,10H2,1-3H3,(H,16,17);1H. The first-order valence-corrected chi connectivity index (χ1v) is 7.89. The van der Waals surface area contributed by atoms with Gasteiger partial charge in [-0.3, -0.25) is 9.67 Å². The summed E-state index contributed by atoms with van der Waals surface area (Å²) in [6.07, 6.45) is 5.87. The van der Waals surface area contributed by atoms with Gasteiger partial charge in [0.25, 0.3) is 0 Å². The van der Waals surface area contributed by atoms with Gasteiger partial charge in [-0.05, 0) is 18.9 Å². The van der Waals surface area contributed by atoms with Crippen LogP contribution in [0.25, 0.3) is 0 Å². The van der Waals surface area contributed by atoms with Gasteiger partial charge in [-0.2, -0.15) is 10.1 Å². The third-order valence-electron chi connectivity index (χ3n) is 4.09. The molecular weight excluding hydrogens is 421 g/mol. The van der Waals surface area contributed by atoms with Crippen LogP contribution in [-0.4, -0.2) is 57.5 Å². The number of rotatable bonds is 4. The largest absolute Gasteiger partial charge is 0.356 e. The quantitative estimate of drug-likeness (QED) is 0.435. The van der Waals surface area contributed by atoms with Crippen LogP contribution in [0.4, 0.5) is 0 Å². The Labute approximate surface area is 158 Å². The molecule has 8 nitrogen and oxygen atoms in total. The van der Waals surface area contributed by atoms with Crippen LogP contribution in [0.3, 0.4) is 0 Å². The Kier molecular flexibility index (Phi) is 6.58. The Balaban J connectivity index is 0.00000208. The molecule has 1 unspecified atom stereocenters. The maximum Gasteiger partial charge on any atom is 0.228 e. The van der Waals surface area contributed by atoms with Crippen LogP contribution in [0.2, 0.25) is 0 Å². The van der Waals surface area contributed by atoms with E-state index in [-0.39, 0.29) is 24.0 Å². The highest BCUT2D eigenvalue weighted by atomic mass is 127. The monoisotopic (exact) mass is 445 g/mol. The summed E-state index contributed by atoms with van der Waals surface area (Å²) in [4.78, 5) is 10.9. The molecule has 1 fully saturated rings. The Hall–Kier alpha value is -1.65. The summed E-state index contributed by atoms with van der Waals surface area (Å²) < 4.78 is 6.98. The van der Waals surface area contributed by atoms with Gasteiger partial charge in [-0.1, -0.05) is 5.16 Å². The molecule has 1 aliphatic heterocycles. The van der Waals surface area contributed by atoms with Gasteiger partial charge in [0, 0.05) is 52.3 Å². The predicted molar refractivity (Wildman–Crippen MR) is 102 cm³/mol. The molecule has 1 atom stereocenters. The van der Waals surface area contributed by atoms with E-state index in [9.17, 15) is 0 Å². The van der Waals surface area contributed by atoms with Crippen molar-refractivity contribution in [1.82, 2.24) is 30.1 Å². The van der Waals surface area contributed by atoms with Crippen LogP contribution in [0.1, 0.15) is 29.6 Å². The molecule has 24 heavy (non-hydrogen) atoms. The minimum atomic E-state index is 0. The van der Waals surface area contributed by atoms with Crippen molar-refractivity contribution in [2.45, 2.75) is 25.7 Å². The first-order chi connectivity index (χ1) is 11.2. The summed E-state index contributed by atoms with van der Waals surface area (Å²) in [5.74, 6) is 2.76. The molecule has 132 valence electrons. The van der Waals surface area contributed by atoms with Crippen LogP contribution in [0.5, 0.6) is 0 Å². The molecule has 0 spiro atoms. The van der Waals surface area contributed by atoms with E-state index < -0.39 is 0 Å². The molecule has 1 aliphatic rings. The maximum atomic E-state index is 5.12. The number of guanidine groups is 1. The predicted octanol–water partition coefficient (Wildman–Crippen LogP) is 1.34. The van der Waals surface area contributed by atoms with Gasteiger partial charge in [-0.25, -0.2) is 0 Å². The number of aliphatic imine (C=N–C) groups is 1. The third kappa shape index (κ3) is 4.46. The Morgan fingerprint density at radius 1 is 1.50 bits per heavy atom. The van der Waals surface area contributed by atoms with E-state index >= 15 is 0 Å². The smallest absolute Gasteiger partial charge is 0.228 e. The second-order valence-corrected chi connectivity index (χ2v) is 5.84. The van der Waals surface area contributed by atoms with Gasteiger partial charge in [0.05, 0.1) is 6.20 Å². The number of likely N-dealkylation sites (tertiary alicyclic amines) is 1. The van der Waals surface area contributed by atoms with E-state index in [0.717, 1.165) is 32.0 Å². The fourth-order valence-corrected chi connectivity index (χ4v) is 2.93. The highest BCUT2D eigenvalue weighted by Crippen LogP contribution is 2.26. The van der Waals surface area contributed by atoms with Crippen LogP contribution in [0.15, 0.2) is 21.9 Å². The normalized spacial score (nSPS) is 17.9. The number of halogens is 1. The Morgan fingerprint density at radius 2 is 2.33 bits per heavy atom. The lowest BCUT2D eigenvalue weighted by Gasteiger charge is -2.21. The number of hydrogen-bond acceptors (Lipinski definition) is 5. The molecule has 0 aliphatic carbocycles. The molecule has 3 heterocycles. The van der Waals surface area contributed by atoms with E-state index in [1.165, 1.54) is 5.56 Å². The summed E-state index contributed by atoms with van der Waals surface area (Å²) >= 11 is 0. The molecule has 0 bridgehead atoms. The molecule has 0 radical (unpaired) electrons. The summed E-state index contributed by atoms with van der Waals surface area (Å²) in [6.45, 7) is 4.51. The van der Waals surface area contributed by atoms with Crippen LogP contribution >= 0.6 is 24.0 Å². The van der Waals surface area contributed by atoms with Crippen LogP contribution < -0.4 is 5.32 Å². The van der Waals surface area contributed by atoms with Gasteiger partial charge in [0.1, 0.15) is 0 Å². The molecule has 0 saturated carbocycles. The topological polar surface area (TPSA) is 84.4 Å². The summed E-state index contributed by atoms with van der Waals surface area (Å²) in [5, 5.41) is 11.4. The average molecular weight is 445 g/mol. The second-order valence-electron chi connectivity index (χ2n) is 5.84. The van der Waals surface area contributed by atoms with Crippen molar-refractivity contribution in [3.05, 3.63) is 29.7 Å². The summed E-state index contributed by atoms with van der Waals surface area (Å²) in [6, 6.07) is 0. The van der Waals surface area contributed by atoms with E-state index in [2.05, 4.69) is 36.6 Å². The molecule has 2 aromatic rings. The lowest BCUT2D eigenvalue weighted by molar-refractivity contribution is 0.373. The molecule has 0 amide bonds. The number of aryl methyl sites for hydroxylation is 2. The Morgan fingerprint density at radius 3 is 2.96 bits per heavy atom.